The third kappa shape index (κ3) is 4.49. The maximum Gasteiger partial charge on any atom is 0.295 e. The van der Waals surface area contributed by atoms with Gasteiger partial charge >= 0.3 is 0 Å². The van der Waals surface area contributed by atoms with Gasteiger partial charge in [0, 0.05) is 30.0 Å². The van der Waals surface area contributed by atoms with Crippen molar-refractivity contribution in [2.75, 3.05) is 26.2 Å². The molecule has 2 saturated heterocycles. The third-order valence-electron chi connectivity index (χ3n) is 6.89. The maximum absolute atomic E-state index is 13.3. The van der Waals surface area contributed by atoms with Crippen LogP contribution in [0.3, 0.4) is 0 Å². The summed E-state index contributed by atoms with van der Waals surface area (Å²) in [5.74, 6) is -0.588. The molecular formula is C27H35N3O4. The average molecular weight is 466 g/mol. The number of aliphatic hydroxyl groups is 1. The van der Waals surface area contributed by atoms with Gasteiger partial charge in [0.25, 0.3) is 11.7 Å². The van der Waals surface area contributed by atoms with Gasteiger partial charge in [-0.3, -0.25) is 9.59 Å². The summed E-state index contributed by atoms with van der Waals surface area (Å²) in [4.78, 5) is 33.7. The lowest BCUT2D eigenvalue weighted by atomic mass is 9.94. The Balaban J connectivity index is 1.78. The van der Waals surface area contributed by atoms with Gasteiger partial charge in [-0.05, 0) is 83.8 Å². The van der Waals surface area contributed by atoms with Gasteiger partial charge in [0.05, 0.1) is 17.7 Å². The number of amides is 1. The molecule has 2 fully saturated rings. The van der Waals surface area contributed by atoms with Crippen LogP contribution in [0, 0.1) is 20.8 Å². The molecule has 7 heteroatoms. The van der Waals surface area contributed by atoms with Crippen LogP contribution in [0.2, 0.25) is 0 Å². The van der Waals surface area contributed by atoms with Crippen LogP contribution >= 0.6 is 0 Å². The molecule has 2 aromatic rings. The normalized spacial score (nSPS) is 20.6. The fraction of sp³-hybridized carbons (Fsp3) is 0.481. The number of H-pyrrole nitrogens is 1. The van der Waals surface area contributed by atoms with Crippen molar-refractivity contribution >= 4 is 17.4 Å². The molecule has 1 unspecified atom stereocenters. The molecule has 0 aliphatic carbocycles. The lowest BCUT2D eigenvalue weighted by Crippen LogP contribution is -2.37. The van der Waals surface area contributed by atoms with Crippen molar-refractivity contribution < 1.29 is 19.4 Å². The number of aryl methyl sites for hydroxylation is 2. The first kappa shape index (κ1) is 24.1. The molecule has 34 heavy (non-hydrogen) atoms. The van der Waals surface area contributed by atoms with E-state index in [2.05, 4.69) is 9.88 Å². The number of aliphatic hydroxyl groups excluding tert-OH is 1. The Hall–Kier alpha value is -3.06. The van der Waals surface area contributed by atoms with Gasteiger partial charge < -0.3 is 24.6 Å². The number of likely N-dealkylation sites (tertiary alicyclic amines) is 2. The Bertz CT molecular complexity index is 1110. The minimum absolute atomic E-state index is 0.0414. The number of ketones is 1. The Morgan fingerprint density at radius 2 is 1.71 bits per heavy atom. The molecule has 0 radical (unpaired) electrons. The zero-order chi connectivity index (χ0) is 24.6. The van der Waals surface area contributed by atoms with Crippen LogP contribution in [0.5, 0.6) is 5.75 Å². The molecule has 2 N–H and O–H groups in total. The number of hydrogen-bond acceptors (Lipinski definition) is 5. The Labute approximate surface area is 201 Å². The van der Waals surface area contributed by atoms with E-state index < -0.39 is 17.7 Å². The van der Waals surface area contributed by atoms with Crippen molar-refractivity contribution in [1.29, 1.82) is 0 Å². The fourth-order valence-corrected chi connectivity index (χ4v) is 5.11. The van der Waals surface area contributed by atoms with E-state index in [4.69, 9.17) is 4.74 Å². The molecule has 1 atom stereocenters. The average Bonchev–Trinajstić information content (AvgIpc) is 3.46. The number of nitrogens with zero attached hydrogens (tertiary/aromatic N) is 2. The van der Waals surface area contributed by atoms with Gasteiger partial charge in [0.1, 0.15) is 11.5 Å². The highest BCUT2D eigenvalue weighted by Gasteiger charge is 2.46. The predicted octanol–water partition coefficient (Wildman–Crippen LogP) is 4.24. The summed E-state index contributed by atoms with van der Waals surface area (Å²) in [6, 6.07) is 6.82. The molecule has 7 nitrogen and oxygen atoms in total. The van der Waals surface area contributed by atoms with E-state index in [1.54, 1.807) is 4.90 Å². The molecule has 0 saturated carbocycles. The number of nitrogens with one attached hydrogen (secondary N) is 1. The molecule has 2 aliphatic heterocycles. The monoisotopic (exact) mass is 465 g/mol. The lowest BCUT2D eigenvalue weighted by molar-refractivity contribution is -0.140. The van der Waals surface area contributed by atoms with E-state index >= 15 is 0 Å². The van der Waals surface area contributed by atoms with Gasteiger partial charge in [0.2, 0.25) is 0 Å². The highest BCUT2D eigenvalue weighted by Crippen LogP contribution is 2.41. The van der Waals surface area contributed by atoms with Gasteiger partial charge in [-0.25, -0.2) is 0 Å². The summed E-state index contributed by atoms with van der Waals surface area (Å²) >= 11 is 0. The van der Waals surface area contributed by atoms with Gasteiger partial charge in [-0.2, -0.15) is 0 Å². The van der Waals surface area contributed by atoms with Gasteiger partial charge in [0.15, 0.2) is 0 Å². The largest absolute Gasteiger partial charge is 0.507 e. The molecule has 3 heterocycles. The summed E-state index contributed by atoms with van der Waals surface area (Å²) in [6.07, 6.45) is 2.36. The first-order valence-electron chi connectivity index (χ1n) is 12.1. The van der Waals surface area contributed by atoms with Crippen molar-refractivity contribution in [3.05, 3.63) is 57.9 Å². The van der Waals surface area contributed by atoms with E-state index in [0.717, 1.165) is 54.2 Å². The number of Topliss-reactive ketones (excluding diaryl/α,β-unsaturated/α-hetero) is 1. The summed E-state index contributed by atoms with van der Waals surface area (Å²) in [6.45, 7) is 12.8. The molecule has 0 bridgehead atoms. The number of ether oxygens (including phenoxy) is 1. The number of aromatic amines is 1. The van der Waals surface area contributed by atoms with Crippen molar-refractivity contribution in [3.63, 3.8) is 0 Å². The van der Waals surface area contributed by atoms with E-state index in [1.807, 2.05) is 58.9 Å². The van der Waals surface area contributed by atoms with E-state index in [9.17, 15) is 14.7 Å². The van der Waals surface area contributed by atoms with Crippen LogP contribution in [0.15, 0.2) is 29.8 Å². The standard InChI is InChI=1S/C27H35N3O4/c1-16(2)34-21-10-8-20(9-11-21)24-23(25(31)22-17(3)18(4)28-19(22)5)26(32)27(33)30(24)15-14-29-12-6-7-13-29/h8-11,16,24,28,31H,6-7,12-15H2,1-5H3/b25-23+. The number of carbonyl (C=O) groups is 2. The van der Waals surface area contributed by atoms with Crippen LogP contribution in [-0.4, -0.2) is 63.9 Å². The second kappa shape index (κ2) is 9.66. The fourth-order valence-electron chi connectivity index (χ4n) is 5.11. The SMILES string of the molecule is Cc1[nH]c(C)c(/C(O)=C2\C(=O)C(=O)N(CCN3CCCC3)C2c2ccc(OC(C)C)cc2)c1C. The minimum Gasteiger partial charge on any atom is -0.507 e. The topological polar surface area (TPSA) is 85.9 Å². The zero-order valence-corrected chi connectivity index (χ0v) is 20.8. The van der Waals surface area contributed by atoms with Crippen LogP contribution in [0.4, 0.5) is 0 Å². The van der Waals surface area contributed by atoms with Crippen molar-refractivity contribution in [2.24, 2.45) is 0 Å². The number of aromatic nitrogens is 1. The van der Waals surface area contributed by atoms with Gasteiger partial charge in [-0.1, -0.05) is 12.1 Å². The van der Waals surface area contributed by atoms with Crippen LogP contribution in [0.1, 0.15) is 60.8 Å². The lowest BCUT2D eigenvalue weighted by Gasteiger charge is -2.27. The van der Waals surface area contributed by atoms with E-state index in [-0.39, 0.29) is 17.4 Å². The van der Waals surface area contributed by atoms with E-state index in [1.165, 1.54) is 0 Å². The second-order valence-electron chi connectivity index (χ2n) is 9.65. The first-order chi connectivity index (χ1) is 16.2. The molecule has 1 aromatic carbocycles. The molecule has 182 valence electrons. The van der Waals surface area contributed by atoms with Gasteiger partial charge in [-0.15, -0.1) is 0 Å². The highest BCUT2D eigenvalue weighted by molar-refractivity contribution is 6.46. The summed E-state index contributed by atoms with van der Waals surface area (Å²) < 4.78 is 5.77. The number of rotatable bonds is 7. The minimum atomic E-state index is -0.648. The molecule has 1 aromatic heterocycles. The van der Waals surface area contributed by atoms with Crippen LogP contribution in [0.25, 0.3) is 5.76 Å². The van der Waals surface area contributed by atoms with Crippen molar-refractivity contribution in [1.82, 2.24) is 14.8 Å². The Morgan fingerprint density at radius 1 is 1.06 bits per heavy atom. The highest BCUT2D eigenvalue weighted by atomic mass is 16.5. The number of benzene rings is 1. The Morgan fingerprint density at radius 3 is 2.26 bits per heavy atom. The quantitative estimate of drug-likeness (QED) is 0.363. The molecule has 4 rings (SSSR count). The second-order valence-corrected chi connectivity index (χ2v) is 9.65. The van der Waals surface area contributed by atoms with Crippen molar-refractivity contribution in [2.45, 2.75) is 59.6 Å². The summed E-state index contributed by atoms with van der Waals surface area (Å²) in [5.41, 5.74) is 4.09. The van der Waals surface area contributed by atoms with E-state index in [0.29, 0.717) is 18.7 Å². The smallest absolute Gasteiger partial charge is 0.295 e. The molecule has 2 aliphatic rings. The number of hydrogen-bond donors (Lipinski definition) is 2. The molecule has 0 spiro atoms. The first-order valence-corrected chi connectivity index (χ1v) is 12.1. The maximum atomic E-state index is 13.3. The molecule has 1 amide bonds. The number of carbonyl (C=O) groups excluding carboxylic acids is 2. The van der Waals surface area contributed by atoms with Crippen molar-refractivity contribution in [3.8, 4) is 5.75 Å². The third-order valence-corrected chi connectivity index (χ3v) is 6.89. The zero-order valence-electron chi connectivity index (χ0n) is 20.8. The Kier molecular flexibility index (Phi) is 6.84. The van der Waals surface area contributed by atoms with Crippen LogP contribution in [-0.2, 0) is 9.59 Å². The van der Waals surface area contributed by atoms with Crippen LogP contribution < -0.4 is 4.74 Å². The summed E-state index contributed by atoms with van der Waals surface area (Å²) in [5, 5.41) is 11.4. The summed E-state index contributed by atoms with van der Waals surface area (Å²) in [7, 11) is 0. The molecular weight excluding hydrogens is 430 g/mol. The predicted molar refractivity (Wildman–Crippen MR) is 132 cm³/mol.